The number of carbonyl (C=O) groups excluding carboxylic acids is 2. The van der Waals surface area contributed by atoms with Crippen LogP contribution < -0.4 is 0 Å². The molecule has 0 spiro atoms. The topological polar surface area (TPSA) is 83.5 Å². The second-order valence-electron chi connectivity index (χ2n) is 9.86. The van der Waals surface area contributed by atoms with Crippen LogP contribution in [0.4, 0.5) is 0 Å². The van der Waals surface area contributed by atoms with Crippen LogP contribution in [0.5, 0.6) is 0 Å². The molecular weight excluding hydrogens is 409 g/mol. The fraction of sp³-hybridized carbons (Fsp3) is 0.810. The second kappa shape index (κ2) is 10.4. The van der Waals surface area contributed by atoms with Gasteiger partial charge < -0.3 is 14.0 Å². The molecule has 0 aromatic heterocycles. The third kappa shape index (κ3) is 7.49. The van der Waals surface area contributed by atoms with Gasteiger partial charge in [0.05, 0.1) is 10.8 Å². The monoisotopic (exact) mass is 445 g/mol. The Morgan fingerprint density at radius 3 is 2.03 bits per heavy atom. The SMILES string of the molecule is CN1CCC2CCC(OP(OCOC(=O)C(C)(C)C)OCOC(=O)C(C)(C)C)=CC21. The maximum atomic E-state index is 11.9. The molecule has 1 fully saturated rings. The largest absolute Gasteiger partial charge is 0.438 e. The standard InChI is InChI=1S/C21H36NO7P/c1-20(2,3)18(23)25-13-27-30(28-14-26-19(24)21(4,5)6)29-16-9-8-15-10-11-22(7)17(15)12-16/h12,15,17H,8-11,13-14H2,1-7H3. The summed E-state index contributed by atoms with van der Waals surface area (Å²) in [5.74, 6) is 0.670. The number of rotatable bonds is 8. The van der Waals surface area contributed by atoms with E-state index in [1.807, 2.05) is 0 Å². The Morgan fingerprint density at radius 2 is 1.53 bits per heavy atom. The number of nitrogens with zero attached hydrogens (tertiary/aromatic N) is 1. The first-order valence-corrected chi connectivity index (χ1v) is 11.5. The third-order valence-electron chi connectivity index (χ3n) is 5.08. The molecule has 2 aliphatic rings. The normalized spacial score (nSPS) is 22.5. The molecule has 2 unspecified atom stereocenters. The number of allylic oxidation sites excluding steroid dienone is 1. The molecule has 0 N–H and O–H groups in total. The van der Waals surface area contributed by atoms with Gasteiger partial charge in [-0.05, 0) is 80.0 Å². The average Bonchev–Trinajstić information content (AvgIpc) is 3.00. The molecule has 0 radical (unpaired) electrons. The summed E-state index contributed by atoms with van der Waals surface area (Å²) in [6, 6.07) is 0.350. The Bertz CT molecular complexity index is 606. The molecule has 1 aliphatic carbocycles. The van der Waals surface area contributed by atoms with Gasteiger partial charge in [-0.15, -0.1) is 0 Å². The molecule has 1 aliphatic heterocycles. The quantitative estimate of drug-likeness (QED) is 0.310. The summed E-state index contributed by atoms with van der Waals surface area (Å²) in [6.45, 7) is 11.1. The van der Waals surface area contributed by atoms with Gasteiger partial charge in [0.1, 0.15) is 5.76 Å². The van der Waals surface area contributed by atoms with Crippen molar-refractivity contribution in [2.75, 3.05) is 27.2 Å². The van der Waals surface area contributed by atoms with Crippen molar-refractivity contribution in [1.82, 2.24) is 4.90 Å². The number of ether oxygens (including phenoxy) is 2. The van der Waals surface area contributed by atoms with Gasteiger partial charge in [-0.3, -0.25) is 23.5 Å². The third-order valence-corrected chi connectivity index (χ3v) is 6.09. The van der Waals surface area contributed by atoms with Gasteiger partial charge in [0, 0.05) is 12.5 Å². The number of hydrogen-bond acceptors (Lipinski definition) is 8. The number of fused-ring (bicyclic) bond motifs is 1. The first-order valence-electron chi connectivity index (χ1n) is 10.4. The summed E-state index contributed by atoms with van der Waals surface area (Å²) >= 11 is 0. The molecule has 1 saturated heterocycles. The number of esters is 2. The van der Waals surface area contributed by atoms with Crippen molar-refractivity contribution in [3.05, 3.63) is 11.8 Å². The fourth-order valence-corrected chi connectivity index (χ4v) is 3.97. The molecule has 0 aromatic carbocycles. The Morgan fingerprint density at radius 1 is 1.00 bits per heavy atom. The van der Waals surface area contributed by atoms with Crippen LogP contribution >= 0.6 is 8.60 Å². The highest BCUT2D eigenvalue weighted by molar-refractivity contribution is 7.41. The summed E-state index contributed by atoms with van der Waals surface area (Å²) < 4.78 is 27.4. The lowest BCUT2D eigenvalue weighted by Crippen LogP contribution is -2.30. The molecule has 8 nitrogen and oxygen atoms in total. The van der Waals surface area contributed by atoms with Crippen LogP contribution in [0.2, 0.25) is 0 Å². The number of hydrogen-bond donors (Lipinski definition) is 0. The van der Waals surface area contributed by atoms with Crippen molar-refractivity contribution in [1.29, 1.82) is 0 Å². The molecule has 172 valence electrons. The number of likely N-dealkylation sites (tertiary alicyclic amines) is 1. The van der Waals surface area contributed by atoms with Gasteiger partial charge in [-0.1, -0.05) is 0 Å². The van der Waals surface area contributed by atoms with E-state index < -0.39 is 19.4 Å². The maximum Gasteiger partial charge on any atom is 0.402 e. The molecule has 2 atom stereocenters. The second-order valence-corrected chi connectivity index (χ2v) is 11.0. The summed E-state index contributed by atoms with van der Waals surface area (Å²) in [4.78, 5) is 26.2. The van der Waals surface area contributed by atoms with Gasteiger partial charge in [0.25, 0.3) is 0 Å². The van der Waals surface area contributed by atoms with E-state index in [0.29, 0.717) is 12.0 Å². The minimum atomic E-state index is -1.89. The molecule has 9 heteroatoms. The van der Waals surface area contributed by atoms with Gasteiger partial charge in [0.15, 0.2) is 0 Å². The van der Waals surface area contributed by atoms with Gasteiger partial charge in [-0.2, -0.15) is 0 Å². The van der Waals surface area contributed by atoms with Crippen molar-refractivity contribution >= 4 is 20.5 Å². The zero-order valence-electron chi connectivity index (χ0n) is 19.2. The predicted octanol–water partition coefficient (Wildman–Crippen LogP) is 4.35. The summed E-state index contributed by atoms with van der Waals surface area (Å²) in [7, 11) is 0.219. The van der Waals surface area contributed by atoms with Crippen molar-refractivity contribution in [3.8, 4) is 0 Å². The van der Waals surface area contributed by atoms with E-state index in [-0.39, 0.29) is 25.5 Å². The van der Waals surface area contributed by atoms with E-state index in [9.17, 15) is 9.59 Å². The molecule has 1 heterocycles. The van der Waals surface area contributed by atoms with E-state index >= 15 is 0 Å². The van der Waals surface area contributed by atoms with Crippen molar-refractivity contribution in [2.24, 2.45) is 16.7 Å². The predicted molar refractivity (Wildman–Crippen MR) is 113 cm³/mol. The van der Waals surface area contributed by atoms with Gasteiger partial charge in [0.2, 0.25) is 13.6 Å². The van der Waals surface area contributed by atoms with E-state index in [4.69, 9.17) is 23.0 Å². The highest BCUT2D eigenvalue weighted by Crippen LogP contribution is 2.45. The van der Waals surface area contributed by atoms with Crippen molar-refractivity contribution in [3.63, 3.8) is 0 Å². The molecule has 0 aromatic rings. The van der Waals surface area contributed by atoms with E-state index in [1.54, 1.807) is 41.5 Å². The zero-order valence-corrected chi connectivity index (χ0v) is 20.1. The minimum absolute atomic E-state index is 0.297. The Labute approximate surface area is 181 Å². The smallest absolute Gasteiger partial charge is 0.402 e. The van der Waals surface area contributed by atoms with Crippen molar-refractivity contribution in [2.45, 2.75) is 66.8 Å². The first-order chi connectivity index (χ1) is 13.9. The lowest BCUT2D eigenvalue weighted by molar-refractivity contribution is -0.162. The molecule has 30 heavy (non-hydrogen) atoms. The number of likely N-dealkylation sites (N-methyl/N-ethyl adjacent to an activating group) is 1. The highest BCUT2D eigenvalue weighted by atomic mass is 31.2. The molecular formula is C21H36NO7P. The van der Waals surface area contributed by atoms with E-state index in [0.717, 1.165) is 25.1 Å². The highest BCUT2D eigenvalue weighted by Gasteiger charge is 2.35. The van der Waals surface area contributed by atoms with Crippen LogP contribution in [0, 0.1) is 16.7 Å². The van der Waals surface area contributed by atoms with Crippen LogP contribution in [0.1, 0.15) is 60.8 Å². The summed E-state index contributed by atoms with van der Waals surface area (Å²) in [6.07, 6.45) is 5.15. The van der Waals surface area contributed by atoms with Gasteiger partial charge in [-0.25, -0.2) is 0 Å². The van der Waals surface area contributed by atoms with Crippen LogP contribution in [-0.4, -0.2) is 50.1 Å². The number of carbonyl (C=O) groups is 2. The maximum absolute atomic E-state index is 11.9. The van der Waals surface area contributed by atoms with Crippen LogP contribution in [0.15, 0.2) is 11.8 Å². The van der Waals surface area contributed by atoms with E-state index in [1.165, 1.54) is 6.42 Å². The first kappa shape index (κ1) is 25.1. The van der Waals surface area contributed by atoms with Crippen molar-refractivity contribution < 1.29 is 32.6 Å². The zero-order chi connectivity index (χ0) is 22.5. The summed E-state index contributed by atoms with van der Waals surface area (Å²) in [5.41, 5.74) is -1.27. The average molecular weight is 445 g/mol. The van der Waals surface area contributed by atoms with Crippen LogP contribution in [0.25, 0.3) is 0 Å². The minimum Gasteiger partial charge on any atom is -0.438 e. The van der Waals surface area contributed by atoms with Gasteiger partial charge >= 0.3 is 20.5 Å². The Balaban J connectivity index is 1.93. The molecule has 0 amide bonds. The lowest BCUT2D eigenvalue weighted by Gasteiger charge is -2.29. The Hall–Kier alpha value is -1.21. The fourth-order valence-electron chi connectivity index (χ4n) is 3.17. The van der Waals surface area contributed by atoms with Crippen LogP contribution in [0.3, 0.4) is 0 Å². The molecule has 0 saturated carbocycles. The molecule has 0 bridgehead atoms. The Kier molecular flexibility index (Phi) is 8.69. The summed E-state index contributed by atoms with van der Waals surface area (Å²) in [5, 5.41) is 0. The van der Waals surface area contributed by atoms with E-state index in [2.05, 4.69) is 18.0 Å². The lowest BCUT2D eigenvalue weighted by atomic mass is 9.89. The van der Waals surface area contributed by atoms with Crippen LogP contribution in [-0.2, 0) is 32.6 Å². The molecule has 2 rings (SSSR count).